The van der Waals surface area contributed by atoms with Crippen molar-refractivity contribution in [1.82, 2.24) is 19.7 Å². The van der Waals surface area contributed by atoms with E-state index in [1.165, 1.54) is 17.0 Å². The standard InChI is InChI=1S/C22H16F4N6O2/c23-16-6-5-12(10-17-13-3-1-2-4-14(13)19(33)29-28-17)9-15(16)20(34)31-7-8-32-18(11-31)27-21(30-32)22(24,25)26/h1-6,9,17H,7-8,10-11H2. The second kappa shape index (κ2) is 8.12. The topological polar surface area (TPSA) is 92.8 Å². The Morgan fingerprint density at radius 2 is 1.91 bits per heavy atom. The van der Waals surface area contributed by atoms with Gasteiger partial charge in [-0.2, -0.15) is 18.3 Å². The summed E-state index contributed by atoms with van der Waals surface area (Å²) in [6, 6.07) is 10.5. The molecule has 5 rings (SSSR count). The first-order chi connectivity index (χ1) is 16.2. The number of rotatable bonds is 3. The Labute approximate surface area is 189 Å². The number of aromatic nitrogens is 3. The van der Waals surface area contributed by atoms with Crippen LogP contribution in [0, 0.1) is 5.82 Å². The Morgan fingerprint density at radius 3 is 2.71 bits per heavy atom. The summed E-state index contributed by atoms with van der Waals surface area (Å²) in [7, 11) is 0. The van der Waals surface area contributed by atoms with E-state index in [0.29, 0.717) is 16.7 Å². The summed E-state index contributed by atoms with van der Waals surface area (Å²) >= 11 is 0. The lowest BCUT2D eigenvalue weighted by molar-refractivity contribution is -0.145. The molecule has 8 nitrogen and oxygen atoms in total. The van der Waals surface area contributed by atoms with Gasteiger partial charge in [-0.05, 0) is 29.3 Å². The maximum atomic E-state index is 14.6. The van der Waals surface area contributed by atoms with Gasteiger partial charge in [-0.25, -0.2) is 14.1 Å². The van der Waals surface area contributed by atoms with Crippen molar-refractivity contribution in [3.8, 4) is 0 Å². The fraction of sp³-hybridized carbons (Fsp3) is 0.273. The van der Waals surface area contributed by atoms with Crippen molar-refractivity contribution in [3.63, 3.8) is 0 Å². The molecule has 34 heavy (non-hydrogen) atoms. The maximum absolute atomic E-state index is 14.6. The zero-order chi connectivity index (χ0) is 24.0. The fourth-order valence-electron chi connectivity index (χ4n) is 4.06. The minimum atomic E-state index is -4.70. The predicted molar refractivity (Wildman–Crippen MR) is 108 cm³/mol. The molecule has 0 N–H and O–H groups in total. The van der Waals surface area contributed by atoms with E-state index in [1.54, 1.807) is 24.3 Å². The molecule has 0 bridgehead atoms. The molecule has 0 spiro atoms. The number of hydrogen-bond acceptors (Lipinski definition) is 5. The highest BCUT2D eigenvalue weighted by Gasteiger charge is 2.38. The van der Waals surface area contributed by atoms with Crippen LogP contribution in [0.2, 0.25) is 0 Å². The van der Waals surface area contributed by atoms with E-state index in [2.05, 4.69) is 20.3 Å². The summed E-state index contributed by atoms with van der Waals surface area (Å²) in [5.74, 6) is -3.15. The number of benzene rings is 2. The van der Waals surface area contributed by atoms with Crippen molar-refractivity contribution >= 4 is 11.8 Å². The number of amides is 2. The first-order valence-corrected chi connectivity index (χ1v) is 10.3. The summed E-state index contributed by atoms with van der Waals surface area (Å²) in [6.45, 7) is -0.154. The monoisotopic (exact) mass is 472 g/mol. The molecule has 0 saturated carbocycles. The average Bonchev–Trinajstić information content (AvgIpc) is 3.26. The van der Waals surface area contributed by atoms with Gasteiger partial charge < -0.3 is 4.90 Å². The van der Waals surface area contributed by atoms with Gasteiger partial charge in [-0.3, -0.25) is 9.59 Å². The molecule has 0 saturated heterocycles. The highest BCUT2D eigenvalue weighted by molar-refractivity contribution is 5.97. The maximum Gasteiger partial charge on any atom is 0.453 e. The van der Waals surface area contributed by atoms with Gasteiger partial charge in [0, 0.05) is 18.5 Å². The summed E-state index contributed by atoms with van der Waals surface area (Å²) in [6.07, 6.45) is -4.42. The third kappa shape index (κ3) is 3.95. The summed E-state index contributed by atoms with van der Waals surface area (Å²) in [5, 5.41) is 11.2. The van der Waals surface area contributed by atoms with Crippen LogP contribution in [0.4, 0.5) is 17.6 Å². The van der Waals surface area contributed by atoms with Crippen molar-refractivity contribution in [3.05, 3.63) is 82.2 Å². The van der Waals surface area contributed by atoms with Crippen LogP contribution in [-0.2, 0) is 25.7 Å². The first-order valence-electron chi connectivity index (χ1n) is 10.3. The van der Waals surface area contributed by atoms with E-state index < -0.39 is 35.7 Å². The Balaban J connectivity index is 1.37. The number of carbonyl (C=O) groups excluding carboxylic acids is 2. The largest absolute Gasteiger partial charge is 0.453 e. The predicted octanol–water partition coefficient (Wildman–Crippen LogP) is 3.98. The van der Waals surface area contributed by atoms with E-state index in [0.717, 1.165) is 10.7 Å². The van der Waals surface area contributed by atoms with E-state index in [1.807, 2.05) is 0 Å². The second-order valence-electron chi connectivity index (χ2n) is 7.94. The van der Waals surface area contributed by atoms with E-state index >= 15 is 0 Å². The molecule has 174 valence electrons. The van der Waals surface area contributed by atoms with Crippen LogP contribution >= 0.6 is 0 Å². The van der Waals surface area contributed by atoms with Crippen molar-refractivity contribution < 1.29 is 27.2 Å². The van der Waals surface area contributed by atoms with Gasteiger partial charge in [0.25, 0.3) is 17.6 Å². The number of hydrogen-bond donors (Lipinski definition) is 0. The third-order valence-corrected chi connectivity index (χ3v) is 5.73. The van der Waals surface area contributed by atoms with Crippen LogP contribution in [0.5, 0.6) is 0 Å². The first kappa shape index (κ1) is 21.9. The summed E-state index contributed by atoms with van der Waals surface area (Å²) in [5.41, 5.74) is 1.52. The van der Waals surface area contributed by atoms with Crippen LogP contribution in [-0.4, -0.2) is 38.0 Å². The van der Waals surface area contributed by atoms with E-state index in [9.17, 15) is 27.2 Å². The fourth-order valence-corrected chi connectivity index (χ4v) is 4.06. The zero-order valence-electron chi connectivity index (χ0n) is 17.5. The zero-order valence-corrected chi connectivity index (χ0v) is 17.5. The lowest BCUT2D eigenvalue weighted by Crippen LogP contribution is -2.39. The smallest absolute Gasteiger partial charge is 0.329 e. The molecule has 12 heteroatoms. The van der Waals surface area contributed by atoms with Gasteiger partial charge in [0.2, 0.25) is 0 Å². The Hall–Kier alpha value is -3.96. The van der Waals surface area contributed by atoms with Crippen LogP contribution < -0.4 is 0 Å². The van der Waals surface area contributed by atoms with Gasteiger partial charge in [0.05, 0.1) is 18.7 Å². The Morgan fingerprint density at radius 1 is 1.12 bits per heavy atom. The molecule has 1 unspecified atom stereocenters. The van der Waals surface area contributed by atoms with E-state index in [4.69, 9.17) is 0 Å². The minimum absolute atomic E-state index is 0.0126. The number of halogens is 4. The number of fused-ring (bicyclic) bond motifs is 2. The summed E-state index contributed by atoms with van der Waals surface area (Å²) < 4.78 is 54.4. The van der Waals surface area contributed by atoms with Crippen LogP contribution in [0.1, 0.15) is 49.5 Å². The van der Waals surface area contributed by atoms with Gasteiger partial charge in [0.15, 0.2) is 0 Å². The highest BCUT2D eigenvalue weighted by Crippen LogP contribution is 2.31. The Bertz CT molecular complexity index is 1330. The second-order valence-corrected chi connectivity index (χ2v) is 7.94. The molecule has 3 heterocycles. The molecular weight excluding hydrogens is 456 g/mol. The van der Waals surface area contributed by atoms with Gasteiger partial charge in [-0.15, -0.1) is 10.2 Å². The van der Waals surface area contributed by atoms with Gasteiger partial charge in [0.1, 0.15) is 17.7 Å². The molecular formula is C22H16F4N6O2. The normalized spacial score (nSPS) is 17.5. The average molecular weight is 472 g/mol. The van der Waals surface area contributed by atoms with Gasteiger partial charge in [-0.1, -0.05) is 24.3 Å². The van der Waals surface area contributed by atoms with Crippen molar-refractivity contribution in [1.29, 1.82) is 0 Å². The molecule has 3 aromatic rings. The molecule has 0 radical (unpaired) electrons. The third-order valence-electron chi connectivity index (χ3n) is 5.73. The quantitative estimate of drug-likeness (QED) is 0.539. The molecule has 0 aliphatic carbocycles. The van der Waals surface area contributed by atoms with Crippen molar-refractivity contribution in [2.75, 3.05) is 6.54 Å². The van der Waals surface area contributed by atoms with Crippen molar-refractivity contribution in [2.24, 2.45) is 10.2 Å². The number of carbonyl (C=O) groups is 2. The molecule has 0 fully saturated rings. The molecule has 1 aromatic heterocycles. The number of alkyl halides is 3. The lowest BCUT2D eigenvalue weighted by atomic mass is 9.93. The minimum Gasteiger partial charge on any atom is -0.329 e. The lowest BCUT2D eigenvalue weighted by Gasteiger charge is -2.27. The number of azo groups is 1. The molecule has 2 amide bonds. The number of nitrogens with zero attached hydrogens (tertiary/aromatic N) is 6. The SMILES string of the molecule is O=C1N=NC(Cc2ccc(F)c(C(=O)N3CCn4nc(C(F)(F)F)nc4C3)c2)c2ccccc21. The molecule has 2 aromatic carbocycles. The highest BCUT2D eigenvalue weighted by atomic mass is 19.4. The van der Waals surface area contributed by atoms with Crippen LogP contribution in [0.3, 0.4) is 0 Å². The van der Waals surface area contributed by atoms with Gasteiger partial charge >= 0.3 is 6.18 Å². The van der Waals surface area contributed by atoms with Crippen LogP contribution in [0.25, 0.3) is 0 Å². The van der Waals surface area contributed by atoms with Crippen LogP contribution in [0.15, 0.2) is 52.7 Å². The van der Waals surface area contributed by atoms with Crippen molar-refractivity contribution in [2.45, 2.75) is 31.7 Å². The molecule has 1 atom stereocenters. The van der Waals surface area contributed by atoms with E-state index in [-0.39, 0.29) is 37.4 Å². The Kier molecular flexibility index (Phi) is 5.22. The molecule has 2 aliphatic heterocycles. The summed E-state index contributed by atoms with van der Waals surface area (Å²) in [4.78, 5) is 29.7. The molecule has 2 aliphatic rings.